The van der Waals surface area contributed by atoms with Gasteiger partial charge < -0.3 is 15.8 Å². The summed E-state index contributed by atoms with van der Waals surface area (Å²) in [6.07, 6.45) is 4.96. The number of amides is 1. The van der Waals surface area contributed by atoms with Crippen molar-refractivity contribution in [2.75, 3.05) is 13.2 Å². The molecule has 1 amide bonds. The predicted molar refractivity (Wildman–Crippen MR) is 64.5 cm³/mol. The fraction of sp³-hybridized carbons (Fsp3) is 0.909. The molecule has 0 bridgehead atoms. The van der Waals surface area contributed by atoms with Crippen LogP contribution in [0.5, 0.6) is 0 Å². The Morgan fingerprint density at radius 1 is 1.56 bits per heavy atom. The SMILES string of the molecule is CCOC1CC(NC(=O)CN)C12CCC2.Cl. The molecule has 0 aromatic rings. The van der Waals surface area contributed by atoms with Gasteiger partial charge in [-0.3, -0.25) is 4.79 Å². The lowest BCUT2D eigenvalue weighted by molar-refractivity contribution is -0.175. The minimum atomic E-state index is -0.0405. The Morgan fingerprint density at radius 3 is 2.69 bits per heavy atom. The van der Waals surface area contributed by atoms with Crippen molar-refractivity contribution in [3.05, 3.63) is 0 Å². The van der Waals surface area contributed by atoms with Crippen LogP contribution >= 0.6 is 12.4 Å². The molecule has 1 spiro atoms. The average Bonchev–Trinajstić information content (AvgIpc) is 2.13. The van der Waals surface area contributed by atoms with Crippen molar-refractivity contribution < 1.29 is 9.53 Å². The topological polar surface area (TPSA) is 64.3 Å². The Balaban J connectivity index is 0.00000128. The van der Waals surface area contributed by atoms with Crippen LogP contribution in [-0.4, -0.2) is 31.2 Å². The first-order valence-electron chi connectivity index (χ1n) is 5.84. The lowest BCUT2D eigenvalue weighted by Crippen LogP contribution is -2.68. The molecule has 94 valence electrons. The fourth-order valence-corrected chi connectivity index (χ4v) is 2.89. The molecule has 0 aromatic carbocycles. The summed E-state index contributed by atoms with van der Waals surface area (Å²) in [4.78, 5) is 11.2. The molecule has 16 heavy (non-hydrogen) atoms. The van der Waals surface area contributed by atoms with Crippen LogP contribution in [0.4, 0.5) is 0 Å². The van der Waals surface area contributed by atoms with Gasteiger partial charge in [0.1, 0.15) is 0 Å². The van der Waals surface area contributed by atoms with Gasteiger partial charge in [-0.25, -0.2) is 0 Å². The van der Waals surface area contributed by atoms with E-state index < -0.39 is 0 Å². The highest BCUT2D eigenvalue weighted by molar-refractivity contribution is 5.85. The molecular formula is C11H21ClN2O2. The third-order valence-corrected chi connectivity index (χ3v) is 3.96. The zero-order valence-electron chi connectivity index (χ0n) is 9.70. The number of nitrogens with one attached hydrogen (secondary N) is 1. The first-order valence-corrected chi connectivity index (χ1v) is 5.84. The van der Waals surface area contributed by atoms with Crippen molar-refractivity contribution in [2.45, 2.75) is 44.8 Å². The lowest BCUT2D eigenvalue weighted by atomic mass is 9.51. The first kappa shape index (κ1) is 13.7. The zero-order chi connectivity index (χ0) is 10.9. The van der Waals surface area contributed by atoms with E-state index in [0.29, 0.717) is 12.1 Å². The van der Waals surface area contributed by atoms with Crippen LogP contribution in [0.15, 0.2) is 0 Å². The van der Waals surface area contributed by atoms with E-state index in [-0.39, 0.29) is 30.3 Å². The first-order chi connectivity index (χ1) is 7.23. The maximum Gasteiger partial charge on any atom is 0.233 e. The van der Waals surface area contributed by atoms with Crippen molar-refractivity contribution in [2.24, 2.45) is 11.1 Å². The summed E-state index contributed by atoms with van der Waals surface area (Å²) in [5.41, 5.74) is 5.55. The largest absolute Gasteiger partial charge is 0.378 e. The second-order valence-corrected chi connectivity index (χ2v) is 4.59. The van der Waals surface area contributed by atoms with Crippen LogP contribution in [0.25, 0.3) is 0 Å². The number of hydrogen-bond donors (Lipinski definition) is 2. The van der Waals surface area contributed by atoms with Crippen LogP contribution in [0.1, 0.15) is 32.6 Å². The molecule has 0 radical (unpaired) electrons. The van der Waals surface area contributed by atoms with Gasteiger partial charge in [0.2, 0.25) is 5.91 Å². The quantitative estimate of drug-likeness (QED) is 0.775. The molecule has 2 fully saturated rings. The third kappa shape index (κ3) is 2.06. The number of carbonyl (C=O) groups excluding carboxylic acids is 1. The molecule has 0 heterocycles. The molecule has 4 nitrogen and oxygen atoms in total. The summed E-state index contributed by atoms with van der Waals surface area (Å²) in [7, 11) is 0. The highest BCUT2D eigenvalue weighted by Gasteiger charge is 2.59. The van der Waals surface area contributed by atoms with Crippen LogP contribution in [0, 0.1) is 5.41 Å². The Morgan fingerprint density at radius 2 is 2.25 bits per heavy atom. The van der Waals surface area contributed by atoms with Crippen LogP contribution < -0.4 is 11.1 Å². The maximum atomic E-state index is 11.2. The van der Waals surface area contributed by atoms with Gasteiger partial charge in [0, 0.05) is 18.1 Å². The Kier molecular flexibility index (Phi) is 4.59. The summed E-state index contributed by atoms with van der Waals surface area (Å²) >= 11 is 0. The van der Waals surface area contributed by atoms with Gasteiger partial charge in [-0.1, -0.05) is 6.42 Å². The average molecular weight is 249 g/mol. The van der Waals surface area contributed by atoms with Gasteiger partial charge in [0.15, 0.2) is 0 Å². The molecule has 0 aliphatic heterocycles. The van der Waals surface area contributed by atoms with Crippen LogP contribution in [0.3, 0.4) is 0 Å². The molecule has 2 rings (SSSR count). The third-order valence-electron chi connectivity index (χ3n) is 3.96. The van der Waals surface area contributed by atoms with Gasteiger partial charge >= 0.3 is 0 Å². The molecule has 2 aliphatic carbocycles. The van der Waals surface area contributed by atoms with E-state index in [0.717, 1.165) is 13.0 Å². The van der Waals surface area contributed by atoms with E-state index in [2.05, 4.69) is 5.32 Å². The Bertz CT molecular complexity index is 256. The normalized spacial score (nSPS) is 29.9. The molecule has 5 heteroatoms. The monoisotopic (exact) mass is 248 g/mol. The number of rotatable bonds is 4. The van der Waals surface area contributed by atoms with Crippen LogP contribution in [0.2, 0.25) is 0 Å². The van der Waals surface area contributed by atoms with Crippen LogP contribution in [-0.2, 0) is 9.53 Å². The summed E-state index contributed by atoms with van der Waals surface area (Å²) in [5.74, 6) is -0.0405. The summed E-state index contributed by atoms with van der Waals surface area (Å²) < 4.78 is 5.70. The summed E-state index contributed by atoms with van der Waals surface area (Å²) in [5, 5.41) is 3.00. The van der Waals surface area contributed by atoms with Crippen molar-refractivity contribution in [1.82, 2.24) is 5.32 Å². The van der Waals surface area contributed by atoms with Gasteiger partial charge in [-0.05, 0) is 26.2 Å². The van der Waals surface area contributed by atoms with Crippen molar-refractivity contribution in [3.63, 3.8) is 0 Å². The number of halogens is 1. The van der Waals surface area contributed by atoms with E-state index in [1.54, 1.807) is 0 Å². The smallest absolute Gasteiger partial charge is 0.233 e. The zero-order valence-corrected chi connectivity index (χ0v) is 10.5. The number of ether oxygens (including phenoxy) is 1. The van der Waals surface area contributed by atoms with E-state index >= 15 is 0 Å². The molecular weight excluding hydrogens is 228 g/mol. The Hall–Kier alpha value is -0.320. The van der Waals surface area contributed by atoms with E-state index in [9.17, 15) is 4.79 Å². The predicted octanol–water partition coefficient (Wildman–Crippen LogP) is 0.831. The summed E-state index contributed by atoms with van der Waals surface area (Å²) in [6, 6.07) is 0.304. The number of nitrogens with two attached hydrogens (primary N) is 1. The second kappa shape index (κ2) is 5.34. The molecule has 0 aromatic heterocycles. The van der Waals surface area contributed by atoms with Gasteiger partial charge in [0.05, 0.1) is 12.6 Å². The summed E-state index contributed by atoms with van der Waals surface area (Å²) in [6.45, 7) is 2.88. The minimum absolute atomic E-state index is 0. The molecule has 0 saturated heterocycles. The molecule has 2 atom stereocenters. The number of hydrogen-bond acceptors (Lipinski definition) is 3. The van der Waals surface area contributed by atoms with Gasteiger partial charge in [0.25, 0.3) is 0 Å². The lowest BCUT2D eigenvalue weighted by Gasteiger charge is -2.61. The van der Waals surface area contributed by atoms with E-state index in [1.165, 1.54) is 19.3 Å². The molecule has 3 N–H and O–H groups in total. The van der Waals surface area contributed by atoms with Crippen molar-refractivity contribution >= 4 is 18.3 Å². The molecule has 2 aliphatic rings. The van der Waals surface area contributed by atoms with E-state index in [1.807, 2.05) is 6.92 Å². The van der Waals surface area contributed by atoms with E-state index in [4.69, 9.17) is 10.5 Å². The standard InChI is InChI=1S/C11H20N2O2.ClH/c1-2-15-9-6-8(13-10(14)7-12)11(9)4-3-5-11;/h8-9H,2-7,12H2,1H3,(H,13,14);1H. The Labute approximate surface area is 103 Å². The molecule has 2 unspecified atom stereocenters. The fourth-order valence-electron chi connectivity index (χ4n) is 2.89. The minimum Gasteiger partial charge on any atom is -0.378 e. The highest BCUT2D eigenvalue weighted by atomic mass is 35.5. The van der Waals surface area contributed by atoms with Gasteiger partial charge in [-0.2, -0.15) is 0 Å². The van der Waals surface area contributed by atoms with Crippen molar-refractivity contribution in [3.8, 4) is 0 Å². The van der Waals surface area contributed by atoms with Crippen molar-refractivity contribution in [1.29, 1.82) is 0 Å². The second-order valence-electron chi connectivity index (χ2n) is 4.59. The van der Waals surface area contributed by atoms with Gasteiger partial charge in [-0.15, -0.1) is 12.4 Å². The number of carbonyl (C=O) groups is 1. The molecule has 2 saturated carbocycles. The highest BCUT2D eigenvalue weighted by Crippen LogP contribution is 2.57. The maximum absolute atomic E-state index is 11.2.